The van der Waals surface area contributed by atoms with Gasteiger partial charge in [0.25, 0.3) is 6.10 Å². The van der Waals surface area contributed by atoms with Gasteiger partial charge >= 0.3 is 24.5 Å². The number of likely N-dealkylation sites (tertiary alicyclic amines) is 2. The largest absolute Gasteiger partial charge is 0.444 e. The highest BCUT2D eigenvalue weighted by Gasteiger charge is 2.60. The third-order valence-corrected chi connectivity index (χ3v) is 8.42. The van der Waals surface area contributed by atoms with Gasteiger partial charge in [-0.05, 0) is 70.7 Å². The maximum Gasteiger partial charge on any atom is 0.434 e. The van der Waals surface area contributed by atoms with Crippen molar-refractivity contribution in [2.45, 2.75) is 82.6 Å². The zero-order chi connectivity index (χ0) is 31.8. The summed E-state index contributed by atoms with van der Waals surface area (Å²) in [7, 11) is 0. The van der Waals surface area contributed by atoms with Crippen LogP contribution in [0.15, 0.2) is 18.2 Å². The monoisotopic (exact) mass is 642 g/mol. The summed E-state index contributed by atoms with van der Waals surface area (Å²) < 4.78 is 86.7. The van der Waals surface area contributed by atoms with Gasteiger partial charge in [0, 0.05) is 62.1 Å². The Kier molecular flexibility index (Phi) is 9.61. The van der Waals surface area contributed by atoms with Crippen molar-refractivity contribution in [2.75, 3.05) is 50.7 Å². The van der Waals surface area contributed by atoms with E-state index in [-0.39, 0.29) is 24.7 Å². The average Bonchev–Trinajstić information content (AvgIpc) is 3.27. The molecule has 3 saturated heterocycles. The molecular weight excluding hydrogens is 606 g/mol. The predicted molar refractivity (Wildman–Crippen MR) is 147 cm³/mol. The van der Waals surface area contributed by atoms with Crippen LogP contribution in [0, 0.1) is 0 Å². The molecule has 0 N–H and O–H groups in total. The fraction of sp³-hybridized carbons (Fsp3) is 0.714. The number of hydrogen-bond acceptors (Lipinski definition) is 6. The Labute approximate surface area is 251 Å². The van der Waals surface area contributed by atoms with E-state index in [1.54, 1.807) is 11.0 Å². The van der Waals surface area contributed by atoms with Crippen LogP contribution in [0.25, 0.3) is 0 Å². The summed E-state index contributed by atoms with van der Waals surface area (Å²) in [4.78, 5) is 31.9. The average molecular weight is 643 g/mol. The first-order valence-corrected chi connectivity index (χ1v) is 14.6. The van der Waals surface area contributed by atoms with Gasteiger partial charge in [-0.1, -0.05) is 17.7 Å². The van der Waals surface area contributed by atoms with E-state index in [0.29, 0.717) is 50.6 Å². The summed E-state index contributed by atoms with van der Waals surface area (Å²) in [6.07, 6.45) is -15.2. The maximum atomic E-state index is 12.9. The van der Waals surface area contributed by atoms with Gasteiger partial charge in [-0.15, -0.1) is 0 Å². The van der Waals surface area contributed by atoms with E-state index < -0.39 is 30.2 Å². The quantitative estimate of drug-likeness (QED) is 0.352. The number of benzene rings is 1. The number of piperazine rings is 1. The smallest absolute Gasteiger partial charge is 0.434 e. The van der Waals surface area contributed by atoms with Gasteiger partial charge in [-0.3, -0.25) is 4.90 Å². The third-order valence-electron chi connectivity index (χ3n) is 8.19. The first-order chi connectivity index (χ1) is 19.9. The molecule has 43 heavy (non-hydrogen) atoms. The van der Waals surface area contributed by atoms with E-state index in [2.05, 4.69) is 14.5 Å². The van der Waals surface area contributed by atoms with Crippen LogP contribution in [0.3, 0.4) is 0 Å². The lowest BCUT2D eigenvalue weighted by molar-refractivity contribution is -0.308. The molecule has 15 heteroatoms. The SMILES string of the molecule is CC(C)(C)OC(=O)N1CCN(c2cc(Cl)ccc2CN2CCCC23CCN(C(=O)OC(C(F)(F)F)C(F)(F)F)CC3)CC1. The molecule has 242 valence electrons. The van der Waals surface area contributed by atoms with E-state index in [1.165, 1.54) is 0 Å². The molecule has 0 saturated carbocycles. The highest BCUT2D eigenvalue weighted by Crippen LogP contribution is 2.42. The number of ether oxygens (including phenoxy) is 2. The molecular formula is C28H37ClF6N4O4. The standard InChI is InChI=1S/C28H37ClF6N4O4/c1-25(2,3)43-24(41)38-15-13-36(14-16-38)21-17-20(29)6-5-19(21)18-39-10-4-7-26(39)8-11-37(12-9-26)23(40)42-22(27(30,31)32)28(33,34)35/h5-6,17,22H,4,7-16,18H2,1-3H3. The normalized spacial score (nSPS) is 20.2. The summed E-state index contributed by atoms with van der Waals surface area (Å²) in [5.41, 5.74) is 1.00. The topological polar surface area (TPSA) is 65.6 Å². The van der Waals surface area contributed by atoms with Crippen LogP contribution in [0.1, 0.15) is 52.0 Å². The minimum atomic E-state index is -5.76. The molecule has 0 bridgehead atoms. The zero-order valence-corrected chi connectivity index (χ0v) is 25.1. The van der Waals surface area contributed by atoms with Gasteiger partial charge in [0.2, 0.25) is 0 Å². The second-order valence-electron chi connectivity index (χ2n) is 12.3. The van der Waals surface area contributed by atoms with Gasteiger partial charge in [0.05, 0.1) is 0 Å². The molecule has 3 fully saturated rings. The fourth-order valence-electron chi connectivity index (χ4n) is 6.03. The molecule has 4 rings (SSSR count). The van der Waals surface area contributed by atoms with Crippen molar-refractivity contribution >= 4 is 29.5 Å². The third kappa shape index (κ3) is 8.11. The van der Waals surface area contributed by atoms with Crippen molar-refractivity contribution in [1.29, 1.82) is 0 Å². The number of amides is 2. The molecule has 3 aliphatic heterocycles. The molecule has 0 radical (unpaired) electrons. The second-order valence-corrected chi connectivity index (χ2v) is 12.7. The second kappa shape index (κ2) is 12.4. The number of anilines is 1. The van der Waals surface area contributed by atoms with Crippen LogP contribution < -0.4 is 4.90 Å². The van der Waals surface area contributed by atoms with Gasteiger partial charge in [-0.25, -0.2) is 9.59 Å². The number of halogens is 7. The van der Waals surface area contributed by atoms with E-state index >= 15 is 0 Å². The number of alkyl halides is 6. The van der Waals surface area contributed by atoms with Crippen LogP contribution in [-0.4, -0.2) is 102 Å². The number of hydrogen-bond donors (Lipinski definition) is 0. The molecule has 8 nitrogen and oxygen atoms in total. The van der Waals surface area contributed by atoms with Gasteiger partial charge < -0.3 is 24.2 Å². The van der Waals surface area contributed by atoms with Gasteiger partial charge in [-0.2, -0.15) is 26.3 Å². The Morgan fingerprint density at radius 2 is 1.44 bits per heavy atom. The van der Waals surface area contributed by atoms with Crippen molar-refractivity contribution in [3.63, 3.8) is 0 Å². The van der Waals surface area contributed by atoms with E-state index in [4.69, 9.17) is 16.3 Å². The summed E-state index contributed by atoms with van der Waals surface area (Å²) in [5.74, 6) is 0. The number of nitrogens with zero attached hydrogens (tertiary/aromatic N) is 4. The Morgan fingerprint density at radius 3 is 2.00 bits per heavy atom. The number of rotatable bonds is 4. The fourth-order valence-corrected chi connectivity index (χ4v) is 6.20. The molecule has 0 aliphatic carbocycles. The van der Waals surface area contributed by atoms with E-state index in [1.807, 2.05) is 32.9 Å². The lowest BCUT2D eigenvalue weighted by atomic mass is 9.84. The molecule has 3 heterocycles. The highest BCUT2D eigenvalue weighted by molar-refractivity contribution is 6.30. The molecule has 1 aromatic carbocycles. The van der Waals surface area contributed by atoms with Crippen molar-refractivity contribution in [2.24, 2.45) is 0 Å². The van der Waals surface area contributed by atoms with Crippen molar-refractivity contribution < 1.29 is 45.4 Å². The molecule has 0 unspecified atom stereocenters. The summed E-state index contributed by atoms with van der Waals surface area (Å²) >= 11 is 6.37. The first kappa shape index (κ1) is 33.3. The Bertz CT molecular complexity index is 1150. The maximum absolute atomic E-state index is 12.9. The van der Waals surface area contributed by atoms with E-state index in [0.717, 1.165) is 35.5 Å². The minimum Gasteiger partial charge on any atom is -0.444 e. The zero-order valence-electron chi connectivity index (χ0n) is 24.4. The van der Waals surface area contributed by atoms with Crippen molar-refractivity contribution in [3.8, 4) is 0 Å². The van der Waals surface area contributed by atoms with Crippen LogP contribution in [0.2, 0.25) is 5.02 Å². The van der Waals surface area contributed by atoms with Crippen LogP contribution in [0.4, 0.5) is 41.6 Å². The summed E-state index contributed by atoms with van der Waals surface area (Å²) in [5, 5.41) is 0.562. The molecule has 1 spiro atoms. The predicted octanol–water partition coefficient (Wildman–Crippen LogP) is 6.46. The number of carbonyl (C=O) groups excluding carboxylic acids is 2. The molecule has 0 atom stereocenters. The van der Waals surface area contributed by atoms with E-state index in [9.17, 15) is 35.9 Å². The van der Waals surface area contributed by atoms with Crippen LogP contribution >= 0.6 is 11.6 Å². The lowest BCUT2D eigenvalue weighted by Crippen LogP contribution is -2.55. The number of piperidine rings is 1. The van der Waals surface area contributed by atoms with Crippen LogP contribution in [-0.2, 0) is 16.0 Å². The Morgan fingerprint density at radius 1 is 0.860 bits per heavy atom. The van der Waals surface area contributed by atoms with Crippen molar-refractivity contribution in [1.82, 2.24) is 14.7 Å². The molecule has 0 aromatic heterocycles. The summed E-state index contributed by atoms with van der Waals surface area (Å²) in [6.45, 7) is 8.82. The highest BCUT2D eigenvalue weighted by atomic mass is 35.5. The number of carbonyl (C=O) groups is 2. The summed E-state index contributed by atoms with van der Waals surface area (Å²) in [6, 6.07) is 5.64. The Hall–Kier alpha value is -2.61. The molecule has 2 amide bonds. The van der Waals surface area contributed by atoms with Gasteiger partial charge in [0.1, 0.15) is 5.60 Å². The minimum absolute atomic E-state index is 0.0160. The Balaban J connectivity index is 1.40. The lowest BCUT2D eigenvalue weighted by Gasteiger charge is -2.45. The van der Waals surface area contributed by atoms with Gasteiger partial charge in [0.15, 0.2) is 0 Å². The van der Waals surface area contributed by atoms with Crippen LogP contribution in [0.5, 0.6) is 0 Å². The molecule has 3 aliphatic rings. The first-order valence-electron chi connectivity index (χ1n) is 14.2. The van der Waals surface area contributed by atoms with Crippen molar-refractivity contribution in [3.05, 3.63) is 28.8 Å². The molecule has 1 aromatic rings.